The number of ether oxygens (including phenoxy) is 6. The van der Waals surface area contributed by atoms with Crippen LogP contribution in [0.15, 0.2) is 66.7 Å². The Morgan fingerprint density at radius 3 is 1.51 bits per heavy atom. The van der Waals surface area contributed by atoms with E-state index in [1.165, 1.54) is 22.3 Å². The van der Waals surface area contributed by atoms with Crippen molar-refractivity contribution in [2.75, 3.05) is 39.6 Å². The fourth-order valence-electron chi connectivity index (χ4n) is 3.94. The van der Waals surface area contributed by atoms with Crippen molar-refractivity contribution >= 4 is 0 Å². The molecular formula is C29H30O6. The van der Waals surface area contributed by atoms with Crippen LogP contribution in [0.5, 0.6) is 17.2 Å². The van der Waals surface area contributed by atoms with Gasteiger partial charge in [-0.25, -0.2) is 0 Å². The summed E-state index contributed by atoms with van der Waals surface area (Å²) in [7, 11) is 0. The first-order valence-electron chi connectivity index (χ1n) is 12.3. The molecule has 0 N–H and O–H groups in total. The van der Waals surface area contributed by atoms with Gasteiger partial charge in [-0.15, -0.1) is 0 Å². The summed E-state index contributed by atoms with van der Waals surface area (Å²) in [5, 5.41) is 0. The Hall–Kier alpha value is -3.06. The topological polar surface area (TPSA) is 65.3 Å². The van der Waals surface area contributed by atoms with Gasteiger partial charge in [-0.05, 0) is 59.0 Å². The van der Waals surface area contributed by atoms with Crippen LogP contribution in [-0.4, -0.2) is 58.0 Å². The fourth-order valence-corrected chi connectivity index (χ4v) is 3.94. The Morgan fingerprint density at radius 1 is 0.543 bits per heavy atom. The smallest absolute Gasteiger partial charge is 0.122 e. The summed E-state index contributed by atoms with van der Waals surface area (Å²) in [5.41, 5.74) is 4.88. The van der Waals surface area contributed by atoms with E-state index in [9.17, 15) is 0 Å². The third-order valence-corrected chi connectivity index (χ3v) is 6.28. The highest BCUT2D eigenvalue weighted by molar-refractivity contribution is 5.43. The monoisotopic (exact) mass is 474 g/mol. The quantitative estimate of drug-likeness (QED) is 0.346. The number of benzene rings is 3. The molecule has 35 heavy (non-hydrogen) atoms. The average molecular weight is 475 g/mol. The molecule has 182 valence electrons. The molecule has 6 nitrogen and oxygen atoms in total. The summed E-state index contributed by atoms with van der Waals surface area (Å²) in [6.45, 7) is 4.23. The van der Waals surface area contributed by atoms with Gasteiger partial charge in [-0.1, -0.05) is 36.4 Å². The number of rotatable bonds is 13. The highest BCUT2D eigenvalue weighted by atomic mass is 16.6. The van der Waals surface area contributed by atoms with Crippen molar-refractivity contribution in [1.29, 1.82) is 0 Å². The molecule has 3 aliphatic rings. The lowest BCUT2D eigenvalue weighted by Crippen LogP contribution is -2.07. The molecule has 0 aromatic heterocycles. The van der Waals surface area contributed by atoms with Crippen LogP contribution in [0.3, 0.4) is 0 Å². The molecule has 0 spiro atoms. The molecule has 0 radical (unpaired) electrons. The molecule has 6 heteroatoms. The molecule has 3 aromatic rings. The van der Waals surface area contributed by atoms with E-state index in [2.05, 4.69) is 42.5 Å². The molecule has 3 aromatic carbocycles. The molecule has 0 aliphatic carbocycles. The second-order valence-corrected chi connectivity index (χ2v) is 9.38. The Bertz CT molecular complexity index is 1110. The van der Waals surface area contributed by atoms with Crippen molar-refractivity contribution in [3.63, 3.8) is 0 Å². The van der Waals surface area contributed by atoms with Gasteiger partial charge in [0.15, 0.2) is 0 Å². The van der Waals surface area contributed by atoms with E-state index < -0.39 is 0 Å². The van der Waals surface area contributed by atoms with E-state index in [0.717, 1.165) is 49.9 Å². The van der Waals surface area contributed by atoms with Crippen LogP contribution >= 0.6 is 0 Å². The maximum Gasteiger partial charge on any atom is 0.122 e. The van der Waals surface area contributed by atoms with Crippen LogP contribution in [0.25, 0.3) is 0 Å². The summed E-state index contributed by atoms with van der Waals surface area (Å²) >= 11 is 0. The van der Waals surface area contributed by atoms with Crippen LogP contribution in [-0.2, 0) is 27.1 Å². The van der Waals surface area contributed by atoms with E-state index in [1.54, 1.807) is 0 Å². The van der Waals surface area contributed by atoms with Crippen LogP contribution in [0, 0.1) is 0 Å². The SMILES string of the molecule is c1cc(OCC2CO2)ccc1Cc1ccc(OCC2CO2)c(Cc2ccc(OCC3CO3)cc2)c1. The summed E-state index contributed by atoms with van der Waals surface area (Å²) in [6.07, 6.45) is 2.38. The Kier molecular flexibility index (Phi) is 6.58. The van der Waals surface area contributed by atoms with Crippen LogP contribution < -0.4 is 14.2 Å². The Balaban J connectivity index is 1.13. The van der Waals surface area contributed by atoms with E-state index >= 15 is 0 Å². The lowest BCUT2D eigenvalue weighted by molar-refractivity contribution is 0.261. The Morgan fingerprint density at radius 2 is 1.00 bits per heavy atom. The minimum atomic E-state index is 0.224. The molecule has 3 fully saturated rings. The highest BCUT2D eigenvalue weighted by Crippen LogP contribution is 2.27. The number of hydrogen-bond donors (Lipinski definition) is 0. The highest BCUT2D eigenvalue weighted by Gasteiger charge is 2.24. The first-order chi connectivity index (χ1) is 17.3. The second kappa shape index (κ2) is 10.3. The van der Waals surface area contributed by atoms with E-state index in [0.29, 0.717) is 19.8 Å². The normalized spacial score (nSPS) is 21.9. The van der Waals surface area contributed by atoms with Crippen molar-refractivity contribution in [3.8, 4) is 17.2 Å². The molecular weight excluding hydrogens is 444 g/mol. The van der Waals surface area contributed by atoms with Gasteiger partial charge >= 0.3 is 0 Å². The summed E-state index contributed by atoms with van der Waals surface area (Å²) in [5.74, 6) is 2.67. The van der Waals surface area contributed by atoms with Crippen molar-refractivity contribution in [2.24, 2.45) is 0 Å². The van der Waals surface area contributed by atoms with E-state index in [4.69, 9.17) is 28.4 Å². The van der Waals surface area contributed by atoms with Gasteiger partial charge in [0.25, 0.3) is 0 Å². The van der Waals surface area contributed by atoms with Crippen LogP contribution in [0.4, 0.5) is 0 Å². The third kappa shape index (κ3) is 6.75. The lowest BCUT2D eigenvalue weighted by atomic mass is 9.98. The first-order valence-corrected chi connectivity index (χ1v) is 12.3. The van der Waals surface area contributed by atoms with Gasteiger partial charge in [0.1, 0.15) is 55.4 Å². The average Bonchev–Trinajstić information content (AvgIpc) is 3.74. The van der Waals surface area contributed by atoms with E-state index in [-0.39, 0.29) is 18.3 Å². The molecule has 0 bridgehead atoms. The zero-order valence-electron chi connectivity index (χ0n) is 19.7. The van der Waals surface area contributed by atoms with Crippen LogP contribution in [0.1, 0.15) is 22.3 Å². The number of hydrogen-bond acceptors (Lipinski definition) is 6. The van der Waals surface area contributed by atoms with Crippen molar-refractivity contribution in [2.45, 2.75) is 31.2 Å². The molecule has 0 amide bonds. The van der Waals surface area contributed by atoms with Crippen molar-refractivity contribution in [1.82, 2.24) is 0 Å². The molecule has 3 unspecified atom stereocenters. The van der Waals surface area contributed by atoms with Gasteiger partial charge in [0, 0.05) is 6.42 Å². The predicted octanol–water partition coefficient (Wildman–Crippen LogP) is 4.20. The minimum absolute atomic E-state index is 0.224. The van der Waals surface area contributed by atoms with E-state index in [1.807, 2.05) is 24.3 Å². The maximum absolute atomic E-state index is 6.11. The lowest BCUT2D eigenvalue weighted by Gasteiger charge is -2.14. The third-order valence-electron chi connectivity index (χ3n) is 6.28. The minimum Gasteiger partial charge on any atom is -0.491 e. The second-order valence-electron chi connectivity index (χ2n) is 9.38. The van der Waals surface area contributed by atoms with Gasteiger partial charge in [0.05, 0.1) is 19.8 Å². The van der Waals surface area contributed by atoms with Gasteiger partial charge < -0.3 is 28.4 Å². The Labute approximate surface area is 205 Å². The van der Waals surface area contributed by atoms with Gasteiger partial charge in [-0.2, -0.15) is 0 Å². The zero-order chi connectivity index (χ0) is 23.5. The molecule has 6 rings (SSSR count). The van der Waals surface area contributed by atoms with Gasteiger partial charge in [-0.3, -0.25) is 0 Å². The van der Waals surface area contributed by atoms with Crippen molar-refractivity contribution < 1.29 is 28.4 Å². The summed E-state index contributed by atoms with van der Waals surface area (Å²) in [6, 6.07) is 23.1. The molecule has 3 atom stereocenters. The fraction of sp³-hybridized carbons (Fsp3) is 0.379. The summed E-state index contributed by atoms with van der Waals surface area (Å²) in [4.78, 5) is 0. The van der Waals surface area contributed by atoms with Gasteiger partial charge in [0.2, 0.25) is 0 Å². The van der Waals surface area contributed by atoms with Crippen LogP contribution in [0.2, 0.25) is 0 Å². The maximum atomic E-state index is 6.11. The molecule has 3 heterocycles. The first kappa shape index (κ1) is 22.4. The molecule has 0 saturated carbocycles. The standard InChI is InChI=1S/C29H30O6/c1-6-24(30-14-26-16-32-26)7-2-20(1)11-22-5-10-29(35-19-28-18-34-28)23(13-22)12-21-3-8-25(9-4-21)31-15-27-17-33-27/h1-10,13,26-28H,11-12,14-19H2. The molecule has 3 saturated heterocycles. The summed E-state index contributed by atoms with van der Waals surface area (Å²) < 4.78 is 33.4. The largest absolute Gasteiger partial charge is 0.491 e. The molecule has 3 aliphatic heterocycles. The van der Waals surface area contributed by atoms with Crippen molar-refractivity contribution in [3.05, 3.63) is 89.0 Å². The predicted molar refractivity (Wildman–Crippen MR) is 131 cm³/mol. The number of epoxide rings is 3. The zero-order valence-corrected chi connectivity index (χ0v) is 19.7.